The van der Waals surface area contributed by atoms with Gasteiger partial charge in [-0.1, -0.05) is 0 Å². The first-order chi connectivity index (χ1) is 9.88. The van der Waals surface area contributed by atoms with Crippen molar-refractivity contribution in [3.63, 3.8) is 0 Å². The highest BCUT2D eigenvalue weighted by molar-refractivity contribution is 5.95. The van der Waals surface area contributed by atoms with Crippen LogP contribution in [0.15, 0.2) is 34.7 Å². The van der Waals surface area contributed by atoms with E-state index in [4.69, 9.17) is 10.2 Å². The van der Waals surface area contributed by atoms with Crippen LogP contribution in [-0.4, -0.2) is 10.8 Å². The number of rotatable bonds is 4. The fourth-order valence-electron chi connectivity index (χ4n) is 1.88. The molecule has 0 spiro atoms. The quantitative estimate of drug-likeness (QED) is 0.510. The number of aryl methyl sites for hydroxylation is 1. The minimum Gasteiger partial charge on any atom is -0.464 e. The second-order valence-corrected chi connectivity index (χ2v) is 4.67. The Labute approximate surface area is 120 Å². The molecule has 0 fully saturated rings. The average Bonchev–Trinajstić information content (AvgIpc) is 2.85. The smallest absolute Gasteiger partial charge is 0.292 e. The van der Waals surface area contributed by atoms with Gasteiger partial charge in [-0.3, -0.25) is 14.9 Å². The van der Waals surface area contributed by atoms with Crippen LogP contribution in [0.5, 0.6) is 0 Å². The number of anilines is 1. The molecule has 3 N–H and O–H groups in total. The first-order valence-corrected chi connectivity index (χ1v) is 6.29. The molecular weight excluding hydrogens is 274 g/mol. The third-order valence-electron chi connectivity index (χ3n) is 3.02. The lowest BCUT2D eigenvalue weighted by molar-refractivity contribution is -0.383. The molecule has 0 aliphatic heterocycles. The molecule has 2 aromatic rings. The third kappa shape index (κ3) is 3.19. The zero-order valence-corrected chi connectivity index (χ0v) is 11.6. The van der Waals surface area contributed by atoms with E-state index in [1.165, 1.54) is 12.1 Å². The summed E-state index contributed by atoms with van der Waals surface area (Å²) in [5, 5.41) is 13.5. The highest BCUT2D eigenvalue weighted by atomic mass is 16.6. The van der Waals surface area contributed by atoms with Crippen LogP contribution < -0.4 is 11.1 Å². The van der Waals surface area contributed by atoms with Gasteiger partial charge >= 0.3 is 0 Å². The molecule has 2 rings (SSSR count). The van der Waals surface area contributed by atoms with Crippen LogP contribution >= 0.6 is 0 Å². The van der Waals surface area contributed by atoms with Crippen molar-refractivity contribution in [3.8, 4) is 0 Å². The van der Waals surface area contributed by atoms with Crippen molar-refractivity contribution < 1.29 is 14.1 Å². The predicted octanol–water partition coefficient (Wildman–Crippen LogP) is 2.57. The number of hydrogen-bond donors (Lipinski definition) is 2. The van der Waals surface area contributed by atoms with Gasteiger partial charge in [-0.2, -0.15) is 0 Å². The molecule has 0 saturated carbocycles. The molecule has 21 heavy (non-hydrogen) atoms. The van der Waals surface area contributed by atoms with Crippen LogP contribution in [0.1, 0.15) is 34.8 Å². The first-order valence-electron chi connectivity index (χ1n) is 6.29. The summed E-state index contributed by atoms with van der Waals surface area (Å²) >= 11 is 0. The van der Waals surface area contributed by atoms with E-state index >= 15 is 0 Å². The SMILES string of the molecule is Cc1ccc(C(C)NC(=O)c2ccc(N)c([N+](=O)[O-])c2)o1. The van der Waals surface area contributed by atoms with Crippen LogP contribution in [0.3, 0.4) is 0 Å². The van der Waals surface area contributed by atoms with Crippen LogP contribution in [0.25, 0.3) is 0 Å². The predicted molar refractivity (Wildman–Crippen MR) is 76.8 cm³/mol. The zero-order valence-electron chi connectivity index (χ0n) is 11.6. The number of nitro groups is 1. The van der Waals surface area contributed by atoms with E-state index in [9.17, 15) is 14.9 Å². The molecular formula is C14H15N3O4. The largest absolute Gasteiger partial charge is 0.464 e. The molecule has 1 amide bonds. The Morgan fingerprint density at radius 1 is 1.38 bits per heavy atom. The van der Waals surface area contributed by atoms with E-state index in [2.05, 4.69) is 5.32 Å². The summed E-state index contributed by atoms with van der Waals surface area (Å²) in [6.07, 6.45) is 0. The van der Waals surface area contributed by atoms with Crippen molar-refractivity contribution in [1.29, 1.82) is 0 Å². The van der Waals surface area contributed by atoms with E-state index in [1.807, 2.05) is 0 Å². The molecule has 0 saturated heterocycles. The summed E-state index contributed by atoms with van der Waals surface area (Å²) in [4.78, 5) is 22.3. The second-order valence-electron chi connectivity index (χ2n) is 4.67. The number of carbonyl (C=O) groups is 1. The number of nitro benzene ring substituents is 1. The van der Waals surface area contributed by atoms with E-state index in [-0.39, 0.29) is 23.0 Å². The van der Waals surface area contributed by atoms with Gasteiger partial charge in [0, 0.05) is 11.6 Å². The number of nitrogen functional groups attached to an aromatic ring is 1. The number of carbonyl (C=O) groups excluding carboxylic acids is 1. The summed E-state index contributed by atoms with van der Waals surface area (Å²) in [6.45, 7) is 3.57. The standard InChI is InChI=1S/C14H15N3O4/c1-8-3-6-13(21-8)9(2)16-14(18)10-4-5-11(15)12(7-10)17(19)20/h3-7,9H,15H2,1-2H3,(H,16,18). The number of nitrogens with one attached hydrogen (secondary N) is 1. The molecule has 7 heteroatoms. The van der Waals surface area contributed by atoms with Crippen molar-refractivity contribution >= 4 is 17.3 Å². The monoisotopic (exact) mass is 289 g/mol. The maximum Gasteiger partial charge on any atom is 0.292 e. The molecule has 1 aromatic carbocycles. The Bertz CT molecular complexity index is 693. The summed E-state index contributed by atoms with van der Waals surface area (Å²) in [6, 6.07) is 7.16. The molecule has 1 heterocycles. The van der Waals surface area contributed by atoms with Gasteiger partial charge in [0.25, 0.3) is 11.6 Å². The molecule has 110 valence electrons. The fraction of sp³-hybridized carbons (Fsp3) is 0.214. The van der Waals surface area contributed by atoms with Gasteiger partial charge in [-0.25, -0.2) is 0 Å². The van der Waals surface area contributed by atoms with Crippen molar-refractivity contribution in [2.24, 2.45) is 0 Å². The number of nitrogens with two attached hydrogens (primary N) is 1. The third-order valence-corrected chi connectivity index (χ3v) is 3.02. The molecule has 1 aromatic heterocycles. The van der Waals surface area contributed by atoms with E-state index < -0.39 is 10.8 Å². The minimum absolute atomic E-state index is 0.0197. The molecule has 0 aliphatic rings. The molecule has 1 atom stereocenters. The minimum atomic E-state index is -0.620. The van der Waals surface area contributed by atoms with Gasteiger partial charge in [0.2, 0.25) is 0 Å². The number of benzene rings is 1. The Kier molecular flexibility index (Phi) is 3.93. The molecule has 1 unspecified atom stereocenters. The van der Waals surface area contributed by atoms with Crippen LogP contribution in [0, 0.1) is 17.0 Å². The topological polar surface area (TPSA) is 111 Å². The average molecular weight is 289 g/mol. The normalized spacial score (nSPS) is 11.9. The Balaban J connectivity index is 2.17. The van der Waals surface area contributed by atoms with Gasteiger partial charge in [0.05, 0.1) is 11.0 Å². The molecule has 7 nitrogen and oxygen atoms in total. The van der Waals surface area contributed by atoms with Gasteiger partial charge in [-0.15, -0.1) is 0 Å². The zero-order chi connectivity index (χ0) is 15.6. The molecule has 0 bridgehead atoms. The van der Waals surface area contributed by atoms with Gasteiger partial charge in [0.1, 0.15) is 17.2 Å². The van der Waals surface area contributed by atoms with Crippen LogP contribution in [-0.2, 0) is 0 Å². The van der Waals surface area contributed by atoms with Crippen LogP contribution in [0.4, 0.5) is 11.4 Å². The number of amides is 1. The lowest BCUT2D eigenvalue weighted by Gasteiger charge is -2.11. The van der Waals surface area contributed by atoms with E-state index in [0.717, 1.165) is 11.8 Å². The summed E-state index contributed by atoms with van der Waals surface area (Å²) < 4.78 is 5.42. The second kappa shape index (κ2) is 5.66. The van der Waals surface area contributed by atoms with Crippen molar-refractivity contribution in [2.75, 3.05) is 5.73 Å². The number of nitrogens with zero attached hydrogens (tertiary/aromatic N) is 1. The first kappa shape index (κ1) is 14.6. The number of hydrogen-bond acceptors (Lipinski definition) is 5. The van der Waals surface area contributed by atoms with Gasteiger partial charge in [0.15, 0.2) is 0 Å². The van der Waals surface area contributed by atoms with Crippen molar-refractivity contribution in [1.82, 2.24) is 5.32 Å². The fourth-order valence-corrected chi connectivity index (χ4v) is 1.88. The maximum absolute atomic E-state index is 12.1. The summed E-state index contributed by atoms with van der Waals surface area (Å²) in [5.41, 5.74) is 5.40. The van der Waals surface area contributed by atoms with Crippen LogP contribution in [0.2, 0.25) is 0 Å². The lowest BCUT2D eigenvalue weighted by Crippen LogP contribution is -2.26. The van der Waals surface area contributed by atoms with Gasteiger partial charge < -0.3 is 15.5 Å². The highest BCUT2D eigenvalue weighted by Gasteiger charge is 2.18. The van der Waals surface area contributed by atoms with Gasteiger partial charge in [-0.05, 0) is 38.1 Å². The van der Waals surface area contributed by atoms with E-state index in [1.54, 1.807) is 26.0 Å². The lowest BCUT2D eigenvalue weighted by atomic mass is 10.1. The van der Waals surface area contributed by atoms with Crippen molar-refractivity contribution in [3.05, 3.63) is 57.5 Å². The maximum atomic E-state index is 12.1. The number of furan rings is 1. The summed E-state index contributed by atoms with van der Waals surface area (Å²) in [7, 11) is 0. The summed E-state index contributed by atoms with van der Waals surface area (Å²) in [5.74, 6) is 0.930. The molecule has 0 aliphatic carbocycles. The Hall–Kier alpha value is -2.83. The highest BCUT2D eigenvalue weighted by Crippen LogP contribution is 2.23. The van der Waals surface area contributed by atoms with E-state index in [0.29, 0.717) is 5.76 Å². The van der Waals surface area contributed by atoms with Crippen molar-refractivity contribution in [2.45, 2.75) is 19.9 Å². The Morgan fingerprint density at radius 3 is 2.67 bits per heavy atom. The molecule has 0 radical (unpaired) electrons. The Morgan fingerprint density at radius 2 is 2.10 bits per heavy atom.